The quantitative estimate of drug-likeness (QED) is 0.341. The van der Waals surface area contributed by atoms with Crippen LogP contribution >= 0.6 is 8.60 Å². The molecule has 0 aromatic heterocycles. The third-order valence-corrected chi connectivity index (χ3v) is 8.60. The van der Waals surface area contributed by atoms with Gasteiger partial charge in [0.1, 0.15) is 11.5 Å². The van der Waals surface area contributed by atoms with E-state index in [9.17, 15) is 0 Å². The van der Waals surface area contributed by atoms with Gasteiger partial charge < -0.3 is 9.05 Å². The summed E-state index contributed by atoms with van der Waals surface area (Å²) in [7, 11) is -1.64. The average molecular weight is 541 g/mol. The van der Waals surface area contributed by atoms with Gasteiger partial charge in [-0.15, -0.1) is 0 Å². The Bertz CT molecular complexity index is 993. The van der Waals surface area contributed by atoms with Gasteiger partial charge in [-0.2, -0.15) is 0 Å². The second-order valence-electron chi connectivity index (χ2n) is 15.2. The molecule has 3 rings (SSSR count). The molecule has 1 fully saturated rings. The fraction of sp³-hybridized carbons (Fsp3) is 0.647. The van der Waals surface area contributed by atoms with Crippen LogP contribution in [0.1, 0.15) is 137 Å². The molecule has 4 heteroatoms. The lowest BCUT2D eigenvalue weighted by atomic mass is 9.80. The minimum absolute atomic E-state index is 0.0643. The number of benzene rings is 2. The Morgan fingerprint density at radius 3 is 1.29 bits per heavy atom. The van der Waals surface area contributed by atoms with Crippen LogP contribution < -0.4 is 9.05 Å². The van der Waals surface area contributed by atoms with E-state index in [1.165, 1.54) is 41.5 Å². The molecule has 0 unspecified atom stereocenters. The molecule has 212 valence electrons. The Balaban J connectivity index is 2.03. The van der Waals surface area contributed by atoms with Gasteiger partial charge in [-0.1, -0.05) is 127 Å². The molecule has 0 radical (unpaired) electrons. The van der Waals surface area contributed by atoms with E-state index < -0.39 is 8.60 Å². The van der Waals surface area contributed by atoms with E-state index in [1.807, 2.05) is 0 Å². The van der Waals surface area contributed by atoms with Crippen molar-refractivity contribution in [1.29, 1.82) is 0 Å². The van der Waals surface area contributed by atoms with Crippen LogP contribution in [0.4, 0.5) is 0 Å². The minimum Gasteiger partial charge on any atom is -0.417 e. The fourth-order valence-electron chi connectivity index (χ4n) is 4.84. The second-order valence-corrected chi connectivity index (χ2v) is 16.2. The molecule has 38 heavy (non-hydrogen) atoms. The summed E-state index contributed by atoms with van der Waals surface area (Å²) in [6.45, 7) is 27.0. The highest BCUT2D eigenvalue weighted by Crippen LogP contribution is 2.49. The van der Waals surface area contributed by atoms with E-state index in [4.69, 9.17) is 13.6 Å². The molecule has 0 amide bonds. The van der Waals surface area contributed by atoms with Crippen molar-refractivity contribution in [3.8, 4) is 11.5 Å². The van der Waals surface area contributed by atoms with E-state index in [1.54, 1.807) is 0 Å². The predicted molar refractivity (Wildman–Crippen MR) is 164 cm³/mol. The van der Waals surface area contributed by atoms with Crippen LogP contribution in [0, 0.1) is 0 Å². The van der Waals surface area contributed by atoms with Crippen molar-refractivity contribution in [3.05, 3.63) is 58.7 Å². The zero-order valence-corrected chi connectivity index (χ0v) is 27.1. The molecule has 1 saturated carbocycles. The van der Waals surface area contributed by atoms with Gasteiger partial charge >= 0.3 is 8.60 Å². The van der Waals surface area contributed by atoms with Crippen LogP contribution in [0.25, 0.3) is 0 Å². The fourth-order valence-corrected chi connectivity index (χ4v) is 6.06. The Morgan fingerprint density at radius 1 is 0.553 bits per heavy atom. The normalized spacial score (nSPS) is 16.1. The standard InChI is InChI=1S/C34H53O3P/c1-31(2,3)24-18-20-29(27(22-24)33(7,8)9)36-38(35-26-16-14-13-15-17-26)37-30-21-19-25(32(4,5)6)23-28(30)34(10,11)12/h18-23,26H,13-17H2,1-12H3. The highest BCUT2D eigenvalue weighted by atomic mass is 31.2. The molecule has 2 aromatic carbocycles. The van der Waals surface area contributed by atoms with Crippen LogP contribution in [0.15, 0.2) is 36.4 Å². The van der Waals surface area contributed by atoms with Gasteiger partial charge in [0.25, 0.3) is 0 Å². The van der Waals surface area contributed by atoms with Crippen molar-refractivity contribution < 1.29 is 13.6 Å². The number of hydrogen-bond acceptors (Lipinski definition) is 3. The molecular formula is C34H53O3P. The largest absolute Gasteiger partial charge is 0.463 e. The first kappa shape index (κ1) is 31.0. The third kappa shape index (κ3) is 8.22. The smallest absolute Gasteiger partial charge is 0.417 e. The van der Waals surface area contributed by atoms with Gasteiger partial charge in [-0.25, -0.2) is 0 Å². The van der Waals surface area contributed by atoms with Crippen molar-refractivity contribution in [2.75, 3.05) is 0 Å². The highest BCUT2D eigenvalue weighted by molar-refractivity contribution is 7.42. The van der Waals surface area contributed by atoms with Crippen LogP contribution in [0.2, 0.25) is 0 Å². The molecule has 1 aliphatic rings. The summed E-state index contributed by atoms with van der Waals surface area (Å²) in [5.74, 6) is 1.71. The van der Waals surface area contributed by atoms with Crippen LogP contribution in [0.5, 0.6) is 11.5 Å². The van der Waals surface area contributed by atoms with E-state index in [0.29, 0.717) is 0 Å². The number of rotatable bonds is 6. The average Bonchev–Trinajstić information content (AvgIpc) is 2.77. The van der Waals surface area contributed by atoms with E-state index >= 15 is 0 Å². The van der Waals surface area contributed by atoms with Crippen molar-refractivity contribution in [2.24, 2.45) is 0 Å². The van der Waals surface area contributed by atoms with Gasteiger partial charge in [-0.05, 0) is 57.8 Å². The monoisotopic (exact) mass is 540 g/mol. The van der Waals surface area contributed by atoms with E-state index in [0.717, 1.165) is 24.3 Å². The third-order valence-electron chi connectivity index (χ3n) is 7.44. The Hall–Kier alpha value is -1.57. The zero-order chi connectivity index (χ0) is 28.5. The first-order valence-corrected chi connectivity index (χ1v) is 15.6. The predicted octanol–water partition coefficient (Wildman–Crippen LogP) is 10.9. The molecule has 3 nitrogen and oxygen atoms in total. The zero-order valence-electron chi connectivity index (χ0n) is 26.2. The van der Waals surface area contributed by atoms with Crippen molar-refractivity contribution in [2.45, 2.75) is 143 Å². The summed E-state index contributed by atoms with van der Waals surface area (Å²) in [6, 6.07) is 13.2. The van der Waals surface area contributed by atoms with Crippen molar-refractivity contribution in [1.82, 2.24) is 0 Å². The molecule has 0 spiro atoms. The first-order chi connectivity index (χ1) is 17.4. The maximum Gasteiger partial charge on any atom is 0.463 e. The Kier molecular flexibility index (Phi) is 9.37. The first-order valence-electron chi connectivity index (χ1n) is 14.5. The van der Waals surface area contributed by atoms with Gasteiger partial charge in [0.15, 0.2) is 0 Å². The van der Waals surface area contributed by atoms with Crippen molar-refractivity contribution in [3.63, 3.8) is 0 Å². The summed E-state index contributed by atoms with van der Waals surface area (Å²) in [5, 5.41) is 0. The lowest BCUT2D eigenvalue weighted by Crippen LogP contribution is -2.20. The summed E-state index contributed by atoms with van der Waals surface area (Å²) in [4.78, 5) is 0. The summed E-state index contributed by atoms with van der Waals surface area (Å²) < 4.78 is 20.1. The maximum atomic E-state index is 6.73. The van der Waals surface area contributed by atoms with Gasteiger partial charge in [-0.3, -0.25) is 4.52 Å². The van der Waals surface area contributed by atoms with Gasteiger partial charge in [0, 0.05) is 11.1 Å². The summed E-state index contributed by atoms with van der Waals surface area (Å²) >= 11 is 0. The topological polar surface area (TPSA) is 27.7 Å². The van der Waals surface area contributed by atoms with Crippen LogP contribution in [0.3, 0.4) is 0 Å². The van der Waals surface area contributed by atoms with Crippen LogP contribution in [-0.2, 0) is 26.2 Å². The molecule has 1 aliphatic carbocycles. The van der Waals surface area contributed by atoms with E-state index in [2.05, 4.69) is 119 Å². The molecule has 2 aromatic rings. The molecule has 0 bridgehead atoms. The lowest BCUT2D eigenvalue weighted by Gasteiger charge is -2.31. The molecule has 0 saturated heterocycles. The lowest BCUT2D eigenvalue weighted by molar-refractivity contribution is 0.138. The SMILES string of the molecule is CC(C)(C)c1ccc(OP(Oc2ccc(C(C)(C)C)cc2C(C)(C)C)OC2CCCCC2)c(C(C)(C)C)c1. The summed E-state index contributed by atoms with van der Waals surface area (Å²) in [5.41, 5.74) is 4.96. The molecule has 0 heterocycles. The molecule has 0 N–H and O–H groups in total. The Labute approximate surface area is 235 Å². The molecule has 0 atom stereocenters. The summed E-state index contributed by atoms with van der Waals surface area (Å²) in [6.07, 6.45) is 5.99. The molecular weight excluding hydrogens is 487 g/mol. The van der Waals surface area contributed by atoms with E-state index in [-0.39, 0.29) is 27.8 Å². The molecule has 0 aliphatic heterocycles. The Morgan fingerprint density at radius 2 is 0.947 bits per heavy atom. The second kappa shape index (κ2) is 11.5. The van der Waals surface area contributed by atoms with Crippen molar-refractivity contribution >= 4 is 8.60 Å². The highest BCUT2D eigenvalue weighted by Gasteiger charge is 2.31. The number of hydrogen-bond donors (Lipinski definition) is 0. The van der Waals surface area contributed by atoms with Gasteiger partial charge in [0.2, 0.25) is 0 Å². The van der Waals surface area contributed by atoms with Crippen LogP contribution in [-0.4, -0.2) is 6.10 Å². The minimum atomic E-state index is -1.64. The maximum absolute atomic E-state index is 6.73. The van der Waals surface area contributed by atoms with Gasteiger partial charge in [0.05, 0.1) is 6.10 Å².